The zero-order chi connectivity index (χ0) is 33.7. The van der Waals surface area contributed by atoms with Crippen molar-refractivity contribution in [3.63, 3.8) is 0 Å². The van der Waals surface area contributed by atoms with Crippen molar-refractivity contribution in [1.29, 1.82) is 0 Å². The van der Waals surface area contributed by atoms with E-state index in [0.29, 0.717) is 17.4 Å². The first-order chi connectivity index (χ1) is 21.5. The van der Waals surface area contributed by atoms with Crippen LogP contribution in [0.2, 0.25) is 0 Å². The SMILES string of the molecule is CCCCCCCC/C=C/CC/C=C/CC/C=C/C(O)C(COP(=O)([O-])OCC[N+](C)(C)C)NC(=O)CCCCCCCCC. The lowest BCUT2D eigenvalue weighted by molar-refractivity contribution is -0.870. The molecule has 0 aromatic rings. The van der Waals surface area contributed by atoms with Gasteiger partial charge in [-0.2, -0.15) is 0 Å². The van der Waals surface area contributed by atoms with E-state index < -0.39 is 26.6 Å². The number of likely N-dealkylation sites (N-methyl/N-ethyl adjacent to an activating group) is 1. The van der Waals surface area contributed by atoms with Gasteiger partial charge in [-0.25, -0.2) is 0 Å². The molecule has 0 aromatic heterocycles. The predicted octanol–water partition coefficient (Wildman–Crippen LogP) is 8.16. The summed E-state index contributed by atoms with van der Waals surface area (Å²) < 4.78 is 22.9. The predicted molar refractivity (Wildman–Crippen MR) is 187 cm³/mol. The number of hydrogen-bond donors (Lipinski definition) is 2. The van der Waals surface area contributed by atoms with Gasteiger partial charge in [0.15, 0.2) is 0 Å². The Bertz CT molecular complexity index is 840. The molecule has 0 spiro atoms. The maximum Gasteiger partial charge on any atom is 0.268 e. The molecule has 1 amide bonds. The standard InChI is InChI=1S/C36H69N2O6P/c1-6-8-10-12-14-15-16-17-18-19-20-21-22-24-25-27-29-35(39)34(33-44-45(41,42)43-32-31-38(3,4)5)37-36(40)30-28-26-23-13-11-9-7-2/h17-18,21-22,27,29,34-35,39H,6-16,19-20,23-26,28,30-33H2,1-5H3,(H-,37,40,41,42)/b18-17+,22-21+,29-27+. The fourth-order valence-electron chi connectivity index (χ4n) is 4.65. The summed E-state index contributed by atoms with van der Waals surface area (Å²) in [5, 5.41) is 13.6. The van der Waals surface area contributed by atoms with E-state index in [4.69, 9.17) is 9.05 Å². The van der Waals surface area contributed by atoms with Crippen molar-refractivity contribution >= 4 is 13.7 Å². The van der Waals surface area contributed by atoms with Crippen LogP contribution in [0, 0.1) is 0 Å². The summed E-state index contributed by atoms with van der Waals surface area (Å²) >= 11 is 0. The molecule has 2 N–H and O–H groups in total. The lowest BCUT2D eigenvalue weighted by atomic mass is 10.1. The molecule has 0 bridgehead atoms. The van der Waals surface area contributed by atoms with Crippen LogP contribution in [0.3, 0.4) is 0 Å². The van der Waals surface area contributed by atoms with Gasteiger partial charge in [0.1, 0.15) is 13.2 Å². The second-order valence-corrected chi connectivity index (χ2v) is 14.6. The number of phosphoric acid groups is 1. The molecule has 3 atom stereocenters. The largest absolute Gasteiger partial charge is 0.756 e. The molecule has 0 heterocycles. The number of aliphatic hydroxyl groups excluding tert-OH is 1. The Balaban J connectivity index is 4.62. The van der Waals surface area contributed by atoms with Crippen molar-refractivity contribution in [1.82, 2.24) is 5.32 Å². The number of quaternary nitrogens is 1. The van der Waals surface area contributed by atoms with Gasteiger partial charge in [-0.15, -0.1) is 0 Å². The van der Waals surface area contributed by atoms with Crippen molar-refractivity contribution in [2.24, 2.45) is 0 Å². The third-order valence-corrected chi connectivity index (χ3v) is 8.54. The van der Waals surface area contributed by atoms with Crippen LogP contribution < -0.4 is 10.2 Å². The van der Waals surface area contributed by atoms with Crippen LogP contribution in [0.25, 0.3) is 0 Å². The zero-order valence-corrected chi connectivity index (χ0v) is 30.5. The quantitative estimate of drug-likeness (QED) is 0.0337. The maximum absolute atomic E-state index is 12.6. The van der Waals surface area contributed by atoms with Gasteiger partial charge < -0.3 is 28.8 Å². The maximum atomic E-state index is 12.6. The molecule has 8 nitrogen and oxygen atoms in total. The van der Waals surface area contributed by atoms with Gasteiger partial charge >= 0.3 is 0 Å². The highest BCUT2D eigenvalue weighted by Gasteiger charge is 2.23. The molecule has 0 aromatic carbocycles. The number of unbranched alkanes of at least 4 members (excludes halogenated alkanes) is 14. The second kappa shape index (κ2) is 28.9. The number of aliphatic hydroxyl groups is 1. The molecule has 0 fully saturated rings. The van der Waals surface area contributed by atoms with Crippen LogP contribution in [-0.4, -0.2) is 68.5 Å². The van der Waals surface area contributed by atoms with Crippen molar-refractivity contribution in [2.45, 2.75) is 148 Å². The number of phosphoric ester groups is 1. The van der Waals surface area contributed by atoms with Crippen LogP contribution in [0.15, 0.2) is 36.5 Å². The molecule has 264 valence electrons. The summed E-state index contributed by atoms with van der Waals surface area (Å²) in [6.45, 7) is 4.52. The molecule has 0 aliphatic rings. The van der Waals surface area contributed by atoms with Crippen molar-refractivity contribution < 1.29 is 32.9 Å². The van der Waals surface area contributed by atoms with Gasteiger partial charge in [0.05, 0.1) is 39.9 Å². The normalized spacial score (nSPS) is 15.3. The van der Waals surface area contributed by atoms with Crippen molar-refractivity contribution in [3.8, 4) is 0 Å². The molecule has 0 rings (SSSR count). The fourth-order valence-corrected chi connectivity index (χ4v) is 5.37. The van der Waals surface area contributed by atoms with Crippen LogP contribution in [0.4, 0.5) is 0 Å². The van der Waals surface area contributed by atoms with Crippen molar-refractivity contribution in [2.75, 3.05) is 40.9 Å². The summed E-state index contributed by atoms with van der Waals surface area (Å²) in [4.78, 5) is 24.9. The Morgan fingerprint density at radius 2 is 1.24 bits per heavy atom. The summed E-state index contributed by atoms with van der Waals surface area (Å²) in [6, 6.07) is -0.902. The zero-order valence-electron chi connectivity index (χ0n) is 29.6. The molecule has 0 saturated carbocycles. The molecule has 0 aliphatic carbocycles. The number of allylic oxidation sites excluding steroid dienone is 5. The Morgan fingerprint density at radius 1 is 0.756 bits per heavy atom. The minimum absolute atomic E-state index is 0.00891. The van der Waals surface area contributed by atoms with Gasteiger partial charge in [-0.3, -0.25) is 9.36 Å². The summed E-state index contributed by atoms with van der Waals surface area (Å²) in [6.07, 6.45) is 32.0. The van der Waals surface area contributed by atoms with E-state index in [1.165, 1.54) is 70.6 Å². The lowest BCUT2D eigenvalue weighted by Crippen LogP contribution is -2.45. The van der Waals surface area contributed by atoms with Gasteiger partial charge in [0, 0.05) is 6.42 Å². The van der Waals surface area contributed by atoms with Crippen molar-refractivity contribution in [3.05, 3.63) is 36.5 Å². The Kier molecular flexibility index (Phi) is 28.1. The molecular formula is C36H69N2O6P. The molecule has 45 heavy (non-hydrogen) atoms. The molecule has 9 heteroatoms. The van der Waals surface area contributed by atoms with Crippen LogP contribution in [0.1, 0.15) is 136 Å². The van der Waals surface area contributed by atoms with Crippen LogP contribution >= 0.6 is 7.82 Å². The van der Waals surface area contributed by atoms with Gasteiger partial charge in [0.25, 0.3) is 7.82 Å². The number of nitrogens with one attached hydrogen (secondary N) is 1. The van der Waals surface area contributed by atoms with E-state index in [9.17, 15) is 19.4 Å². The second-order valence-electron chi connectivity index (χ2n) is 13.2. The highest BCUT2D eigenvalue weighted by Crippen LogP contribution is 2.38. The van der Waals surface area contributed by atoms with E-state index in [2.05, 4.69) is 43.5 Å². The third-order valence-electron chi connectivity index (χ3n) is 7.58. The topological polar surface area (TPSA) is 108 Å². The molecule has 0 radical (unpaired) electrons. The number of carbonyl (C=O) groups is 1. The highest BCUT2D eigenvalue weighted by molar-refractivity contribution is 7.45. The minimum Gasteiger partial charge on any atom is -0.756 e. The summed E-state index contributed by atoms with van der Waals surface area (Å²) in [7, 11) is 1.23. The fraction of sp³-hybridized carbons (Fsp3) is 0.806. The first-order valence-corrected chi connectivity index (χ1v) is 19.3. The van der Waals surface area contributed by atoms with Crippen LogP contribution in [-0.2, 0) is 18.4 Å². The number of carbonyl (C=O) groups excluding carboxylic acids is 1. The molecule has 0 aliphatic heterocycles. The smallest absolute Gasteiger partial charge is 0.268 e. The third kappa shape index (κ3) is 31.1. The minimum atomic E-state index is -4.58. The Morgan fingerprint density at radius 3 is 1.80 bits per heavy atom. The average Bonchev–Trinajstić information content (AvgIpc) is 2.97. The highest BCUT2D eigenvalue weighted by atomic mass is 31.2. The van der Waals surface area contributed by atoms with E-state index in [1.54, 1.807) is 6.08 Å². The average molecular weight is 657 g/mol. The number of rotatable bonds is 31. The first-order valence-electron chi connectivity index (χ1n) is 17.9. The Hall–Kier alpha value is -1.28. The number of amides is 1. The molecule has 3 unspecified atom stereocenters. The van der Waals surface area contributed by atoms with Gasteiger partial charge in [-0.05, 0) is 44.9 Å². The monoisotopic (exact) mass is 656 g/mol. The van der Waals surface area contributed by atoms with Gasteiger partial charge in [-0.1, -0.05) is 121 Å². The molecular weight excluding hydrogens is 587 g/mol. The summed E-state index contributed by atoms with van der Waals surface area (Å²) in [5.74, 6) is -0.222. The lowest BCUT2D eigenvalue weighted by Gasteiger charge is -2.29. The van der Waals surface area contributed by atoms with E-state index in [1.807, 2.05) is 27.2 Å². The van der Waals surface area contributed by atoms with E-state index in [0.717, 1.165) is 44.9 Å². The van der Waals surface area contributed by atoms with E-state index in [-0.39, 0.29) is 12.5 Å². The number of nitrogens with zero attached hydrogens (tertiary/aromatic N) is 1. The first kappa shape index (κ1) is 43.7. The van der Waals surface area contributed by atoms with Gasteiger partial charge in [0.2, 0.25) is 5.91 Å². The number of hydrogen-bond acceptors (Lipinski definition) is 6. The Labute approximate surface area is 276 Å². The van der Waals surface area contributed by atoms with E-state index >= 15 is 0 Å². The summed E-state index contributed by atoms with van der Waals surface area (Å²) in [5.41, 5.74) is 0. The van der Waals surface area contributed by atoms with Crippen LogP contribution in [0.5, 0.6) is 0 Å². The molecule has 0 saturated heterocycles.